The highest BCUT2D eigenvalue weighted by Crippen LogP contribution is 2.27. The zero-order valence-electron chi connectivity index (χ0n) is 11.6. The number of unbranched alkanes of at least 4 members (excludes halogenated alkanes) is 1. The van der Waals surface area contributed by atoms with Crippen LogP contribution in [0.15, 0.2) is 18.2 Å². The lowest BCUT2D eigenvalue weighted by Crippen LogP contribution is -2.34. The highest BCUT2D eigenvalue weighted by molar-refractivity contribution is 6.30. The van der Waals surface area contributed by atoms with Gasteiger partial charge in [-0.1, -0.05) is 31.9 Å². The van der Waals surface area contributed by atoms with Crippen molar-refractivity contribution in [3.63, 3.8) is 0 Å². The first-order valence-electron chi connectivity index (χ1n) is 6.79. The lowest BCUT2D eigenvalue weighted by atomic mass is 10.1. The average Bonchev–Trinajstić information content (AvgIpc) is 2.39. The molecule has 0 spiro atoms. The molecule has 3 heteroatoms. The summed E-state index contributed by atoms with van der Waals surface area (Å²) in [6.45, 7) is 7.68. The van der Waals surface area contributed by atoms with Crippen LogP contribution >= 0.6 is 11.6 Å². The van der Waals surface area contributed by atoms with E-state index in [2.05, 4.69) is 25.7 Å². The lowest BCUT2D eigenvalue weighted by Gasteiger charge is -2.32. The second kappa shape index (κ2) is 7.65. The molecule has 1 unspecified atom stereocenters. The fourth-order valence-corrected chi connectivity index (χ4v) is 2.28. The maximum Gasteiger partial charge on any atom is 0.0702 e. The second-order valence-corrected chi connectivity index (χ2v) is 5.17. The third kappa shape index (κ3) is 3.89. The molecule has 1 aromatic carbocycles. The first kappa shape index (κ1) is 15.3. The molecule has 0 fully saturated rings. The number of aliphatic hydroxyl groups excluding tert-OH is 1. The van der Waals surface area contributed by atoms with Crippen LogP contribution in [0.5, 0.6) is 0 Å². The molecule has 1 aromatic rings. The van der Waals surface area contributed by atoms with E-state index < -0.39 is 0 Å². The summed E-state index contributed by atoms with van der Waals surface area (Å²) in [5, 5.41) is 10.2. The Hall–Kier alpha value is -0.730. The van der Waals surface area contributed by atoms with Crippen LogP contribution in [0.25, 0.3) is 0 Å². The van der Waals surface area contributed by atoms with Gasteiger partial charge in [0.25, 0.3) is 0 Å². The molecule has 0 radical (unpaired) electrons. The molecule has 0 heterocycles. The molecule has 0 saturated carbocycles. The van der Waals surface area contributed by atoms with E-state index in [1.54, 1.807) is 0 Å². The van der Waals surface area contributed by atoms with Crippen molar-refractivity contribution in [3.05, 3.63) is 28.8 Å². The van der Waals surface area contributed by atoms with Crippen molar-refractivity contribution in [3.8, 4) is 0 Å². The summed E-state index contributed by atoms with van der Waals surface area (Å²) in [7, 11) is 0. The van der Waals surface area contributed by atoms with Crippen LogP contribution < -0.4 is 4.90 Å². The van der Waals surface area contributed by atoms with Crippen LogP contribution in [0.2, 0.25) is 5.02 Å². The van der Waals surface area contributed by atoms with Gasteiger partial charge in [0.05, 0.1) is 6.61 Å². The summed E-state index contributed by atoms with van der Waals surface area (Å²) >= 11 is 5.99. The van der Waals surface area contributed by atoms with Crippen LogP contribution in [0.1, 0.15) is 45.6 Å². The van der Waals surface area contributed by atoms with Gasteiger partial charge in [-0.05, 0) is 38.0 Å². The van der Waals surface area contributed by atoms with Crippen LogP contribution in [-0.4, -0.2) is 17.7 Å². The summed E-state index contributed by atoms with van der Waals surface area (Å²) in [5.41, 5.74) is 2.03. The Kier molecular flexibility index (Phi) is 6.51. The van der Waals surface area contributed by atoms with Crippen LogP contribution in [0.3, 0.4) is 0 Å². The predicted octanol–water partition coefficient (Wildman–Crippen LogP) is 4.24. The Morgan fingerprint density at radius 2 is 2.06 bits per heavy atom. The third-order valence-corrected chi connectivity index (χ3v) is 3.63. The minimum atomic E-state index is 0.0367. The van der Waals surface area contributed by atoms with Gasteiger partial charge >= 0.3 is 0 Å². The average molecular weight is 270 g/mol. The van der Waals surface area contributed by atoms with Crippen molar-refractivity contribution in [2.45, 2.75) is 52.7 Å². The maximum atomic E-state index is 9.49. The van der Waals surface area contributed by atoms with Gasteiger partial charge in [-0.2, -0.15) is 0 Å². The van der Waals surface area contributed by atoms with E-state index in [9.17, 15) is 5.11 Å². The van der Waals surface area contributed by atoms with Crippen molar-refractivity contribution in [2.75, 3.05) is 11.4 Å². The third-order valence-electron chi connectivity index (χ3n) is 3.40. The van der Waals surface area contributed by atoms with E-state index in [-0.39, 0.29) is 6.61 Å². The Morgan fingerprint density at radius 3 is 2.61 bits per heavy atom. The highest BCUT2D eigenvalue weighted by Gasteiger charge is 2.15. The summed E-state index contributed by atoms with van der Waals surface area (Å²) in [6.07, 6.45) is 3.43. The minimum Gasteiger partial charge on any atom is -0.392 e. The molecule has 0 aliphatic rings. The Labute approximate surface area is 116 Å². The van der Waals surface area contributed by atoms with E-state index in [0.29, 0.717) is 11.1 Å². The SMILES string of the molecule is CCCCN(c1ccc(Cl)cc1CO)C(C)CC. The summed E-state index contributed by atoms with van der Waals surface area (Å²) in [6, 6.07) is 6.26. The molecule has 0 amide bonds. The standard InChI is InChI=1S/C15H24ClNO/c1-4-6-9-17(12(3)5-2)15-8-7-14(16)10-13(15)11-18/h7-8,10,12,18H,4-6,9,11H2,1-3H3. The molecule has 1 rings (SSSR count). The summed E-state index contributed by atoms with van der Waals surface area (Å²) < 4.78 is 0. The van der Waals surface area contributed by atoms with Crippen LogP contribution in [0, 0.1) is 0 Å². The number of anilines is 1. The second-order valence-electron chi connectivity index (χ2n) is 4.74. The number of rotatable bonds is 7. The van der Waals surface area contributed by atoms with Crippen molar-refractivity contribution in [1.29, 1.82) is 0 Å². The topological polar surface area (TPSA) is 23.5 Å². The van der Waals surface area contributed by atoms with Gasteiger partial charge in [-0.25, -0.2) is 0 Å². The molecular weight excluding hydrogens is 246 g/mol. The number of aliphatic hydroxyl groups is 1. The first-order valence-corrected chi connectivity index (χ1v) is 7.17. The van der Waals surface area contributed by atoms with Gasteiger partial charge in [-0.3, -0.25) is 0 Å². The number of halogens is 1. The molecule has 0 aliphatic heterocycles. The van der Waals surface area contributed by atoms with E-state index in [1.165, 1.54) is 6.42 Å². The molecule has 102 valence electrons. The van der Waals surface area contributed by atoms with Gasteiger partial charge in [0, 0.05) is 28.9 Å². The van der Waals surface area contributed by atoms with E-state index in [4.69, 9.17) is 11.6 Å². The van der Waals surface area contributed by atoms with Crippen molar-refractivity contribution in [1.82, 2.24) is 0 Å². The molecule has 0 aromatic heterocycles. The van der Waals surface area contributed by atoms with Gasteiger partial charge in [0.15, 0.2) is 0 Å². The molecule has 0 aliphatic carbocycles. The predicted molar refractivity (Wildman–Crippen MR) is 79.4 cm³/mol. The number of benzene rings is 1. The van der Waals surface area contributed by atoms with E-state index >= 15 is 0 Å². The van der Waals surface area contributed by atoms with Crippen LogP contribution in [-0.2, 0) is 6.61 Å². The van der Waals surface area contributed by atoms with Gasteiger partial charge in [0.1, 0.15) is 0 Å². The van der Waals surface area contributed by atoms with Gasteiger partial charge in [-0.15, -0.1) is 0 Å². The number of hydrogen-bond donors (Lipinski definition) is 1. The van der Waals surface area contributed by atoms with Crippen molar-refractivity contribution < 1.29 is 5.11 Å². The number of nitrogens with zero attached hydrogens (tertiary/aromatic N) is 1. The lowest BCUT2D eigenvalue weighted by molar-refractivity contribution is 0.282. The van der Waals surface area contributed by atoms with Gasteiger partial charge < -0.3 is 10.0 Å². The van der Waals surface area contributed by atoms with Gasteiger partial charge in [0.2, 0.25) is 0 Å². The summed E-state index contributed by atoms with van der Waals surface area (Å²) in [4.78, 5) is 2.38. The molecule has 1 N–H and O–H groups in total. The first-order chi connectivity index (χ1) is 8.63. The molecule has 1 atom stereocenters. The Bertz CT molecular complexity index is 368. The van der Waals surface area contributed by atoms with Crippen LogP contribution in [0.4, 0.5) is 5.69 Å². The monoisotopic (exact) mass is 269 g/mol. The summed E-state index contributed by atoms with van der Waals surface area (Å²) in [5.74, 6) is 0. The van der Waals surface area contributed by atoms with E-state index in [0.717, 1.165) is 30.6 Å². The maximum absolute atomic E-state index is 9.49. The minimum absolute atomic E-state index is 0.0367. The molecule has 2 nitrogen and oxygen atoms in total. The van der Waals surface area contributed by atoms with Crippen molar-refractivity contribution in [2.24, 2.45) is 0 Å². The zero-order chi connectivity index (χ0) is 13.5. The van der Waals surface area contributed by atoms with E-state index in [1.807, 2.05) is 18.2 Å². The number of hydrogen-bond acceptors (Lipinski definition) is 2. The Balaban J connectivity index is 3.03. The zero-order valence-corrected chi connectivity index (χ0v) is 12.4. The Morgan fingerprint density at radius 1 is 1.33 bits per heavy atom. The largest absolute Gasteiger partial charge is 0.392 e. The normalized spacial score (nSPS) is 12.5. The quantitative estimate of drug-likeness (QED) is 0.800. The smallest absolute Gasteiger partial charge is 0.0702 e. The molecular formula is C15H24ClNO. The molecule has 0 saturated heterocycles. The molecule has 18 heavy (non-hydrogen) atoms. The highest BCUT2D eigenvalue weighted by atomic mass is 35.5. The van der Waals surface area contributed by atoms with Crippen molar-refractivity contribution >= 4 is 17.3 Å². The fraction of sp³-hybridized carbons (Fsp3) is 0.600. The fourth-order valence-electron chi connectivity index (χ4n) is 2.09. The molecule has 0 bridgehead atoms.